The lowest BCUT2D eigenvalue weighted by molar-refractivity contribution is -0.143. The average Bonchev–Trinajstić information content (AvgIpc) is 3.08. The Hall–Kier alpha value is -4.65. The van der Waals surface area contributed by atoms with E-state index in [9.17, 15) is 23.5 Å². The molecule has 0 radical (unpaired) electrons. The van der Waals surface area contributed by atoms with Crippen molar-refractivity contribution in [2.45, 2.75) is 25.8 Å². The second-order valence-corrected chi connectivity index (χ2v) is 12.2. The fraction of sp³-hybridized carbons (Fsp3) is 0.265. The van der Waals surface area contributed by atoms with Crippen LogP contribution in [-0.4, -0.2) is 55.9 Å². The van der Waals surface area contributed by atoms with Crippen molar-refractivity contribution in [1.29, 1.82) is 0 Å². The van der Waals surface area contributed by atoms with Crippen molar-refractivity contribution < 1.29 is 23.4 Å². The summed E-state index contributed by atoms with van der Waals surface area (Å²) in [5, 5.41) is 17.2. The molecule has 0 amide bonds. The van der Waals surface area contributed by atoms with Gasteiger partial charge in [-0.3, -0.25) is 14.5 Å². The largest absolute Gasteiger partial charge is 0.481 e. The Morgan fingerprint density at radius 1 is 1.04 bits per heavy atom. The average molecular weight is 696 g/mol. The van der Waals surface area contributed by atoms with E-state index in [-0.39, 0.29) is 27.5 Å². The van der Waals surface area contributed by atoms with Crippen molar-refractivity contribution in [3.05, 3.63) is 92.5 Å². The predicted molar refractivity (Wildman–Crippen MR) is 180 cm³/mol. The van der Waals surface area contributed by atoms with E-state index in [1.54, 1.807) is 31.4 Å². The van der Waals surface area contributed by atoms with Gasteiger partial charge in [0.25, 0.3) is 12.0 Å². The number of likely N-dealkylation sites (tertiary alicyclic amines) is 1. The first-order valence-electron chi connectivity index (χ1n) is 15.0. The van der Waals surface area contributed by atoms with Crippen LogP contribution >= 0.6 is 23.2 Å². The molecule has 1 fully saturated rings. The van der Waals surface area contributed by atoms with Crippen LogP contribution in [0.15, 0.2) is 65.6 Å². The van der Waals surface area contributed by atoms with Gasteiger partial charge in [0.2, 0.25) is 5.88 Å². The molecule has 0 spiro atoms. The number of hydrogen-bond acceptors (Lipinski definition) is 8. The highest BCUT2D eigenvalue weighted by Gasteiger charge is 2.25. The summed E-state index contributed by atoms with van der Waals surface area (Å²) in [5.41, 5.74) is 2.50. The number of carbonyl (C=O) groups is 1. The Labute approximate surface area is 283 Å². The standard InChI is InChI=1S/C34H30Cl2F2N6O4/c1-43-33(45)27-20(16-39-43)15-26(30(37)38)41-31(27)40-25-8-4-6-22(29(25)36)21-5-3-7-23(28(21)35)24-10-9-19(32(42-24)48-2)17-44-13-11-18(12-14-44)34(46)47/h3-10,15-16,18,30H,11-14,17H2,1-2H3,(H,40,41)(H,46,47). The monoisotopic (exact) mass is 694 g/mol. The Bertz CT molecular complexity index is 2090. The van der Waals surface area contributed by atoms with Crippen LogP contribution in [0.2, 0.25) is 10.0 Å². The fourth-order valence-corrected chi connectivity index (χ4v) is 6.47. The number of carboxylic acids is 1. The molecule has 0 unspecified atom stereocenters. The molecule has 0 bridgehead atoms. The number of methoxy groups -OCH3 is 1. The summed E-state index contributed by atoms with van der Waals surface area (Å²) in [5.74, 6) is -0.711. The third-order valence-electron chi connectivity index (χ3n) is 8.45. The van der Waals surface area contributed by atoms with Crippen LogP contribution in [0.1, 0.15) is 30.5 Å². The van der Waals surface area contributed by atoms with E-state index in [1.165, 1.54) is 13.2 Å². The number of pyridine rings is 2. The highest BCUT2D eigenvalue weighted by Crippen LogP contribution is 2.42. The number of nitrogens with one attached hydrogen (secondary N) is 1. The number of rotatable bonds is 9. The van der Waals surface area contributed by atoms with E-state index in [0.717, 1.165) is 16.3 Å². The Kier molecular flexibility index (Phi) is 9.58. The summed E-state index contributed by atoms with van der Waals surface area (Å²) in [7, 11) is 3.00. The molecule has 0 atom stereocenters. The summed E-state index contributed by atoms with van der Waals surface area (Å²) < 4.78 is 34.2. The number of alkyl halides is 2. The maximum atomic E-state index is 13.7. The minimum Gasteiger partial charge on any atom is -0.481 e. The number of carboxylic acid groups (broad SMARTS) is 1. The van der Waals surface area contributed by atoms with Gasteiger partial charge >= 0.3 is 5.97 Å². The number of piperidine rings is 1. The molecule has 5 aromatic rings. The first-order chi connectivity index (χ1) is 23.0. The molecule has 4 heterocycles. The number of halogens is 4. The van der Waals surface area contributed by atoms with E-state index < -0.39 is 23.6 Å². The predicted octanol–water partition coefficient (Wildman–Crippen LogP) is 7.35. The molecule has 48 heavy (non-hydrogen) atoms. The minimum absolute atomic E-state index is 0.0765. The number of fused-ring (bicyclic) bond motifs is 1. The lowest BCUT2D eigenvalue weighted by Gasteiger charge is -2.30. The Morgan fingerprint density at radius 2 is 1.73 bits per heavy atom. The first-order valence-corrected chi connectivity index (χ1v) is 15.8. The van der Waals surface area contributed by atoms with Gasteiger partial charge in [-0.25, -0.2) is 23.4 Å². The molecule has 2 N–H and O–H groups in total. The van der Waals surface area contributed by atoms with Crippen LogP contribution in [0, 0.1) is 5.92 Å². The molecule has 1 aliphatic heterocycles. The number of nitrogens with zero attached hydrogens (tertiary/aromatic N) is 5. The smallest absolute Gasteiger partial charge is 0.306 e. The third kappa shape index (κ3) is 6.55. The van der Waals surface area contributed by atoms with Gasteiger partial charge in [0.15, 0.2) is 0 Å². The number of hydrogen-bond donors (Lipinski definition) is 2. The molecule has 0 saturated carbocycles. The van der Waals surface area contributed by atoms with E-state index >= 15 is 0 Å². The maximum absolute atomic E-state index is 13.7. The quantitative estimate of drug-likeness (QED) is 0.163. The normalized spacial score (nSPS) is 14.1. The molecule has 1 aliphatic rings. The number of ether oxygens (including phenoxy) is 1. The van der Waals surface area contributed by atoms with Crippen LogP contribution in [0.3, 0.4) is 0 Å². The summed E-state index contributed by atoms with van der Waals surface area (Å²) in [6, 6.07) is 15.5. The van der Waals surface area contributed by atoms with E-state index in [0.29, 0.717) is 71.5 Å². The minimum atomic E-state index is -2.87. The van der Waals surface area contributed by atoms with Crippen LogP contribution in [0.5, 0.6) is 5.88 Å². The highest BCUT2D eigenvalue weighted by atomic mass is 35.5. The van der Waals surface area contributed by atoms with Gasteiger partial charge in [0.05, 0.1) is 46.0 Å². The zero-order valence-electron chi connectivity index (χ0n) is 25.9. The molecule has 10 nitrogen and oxygen atoms in total. The second-order valence-electron chi connectivity index (χ2n) is 11.4. The molecule has 3 aromatic heterocycles. The van der Waals surface area contributed by atoms with Crippen LogP contribution < -0.4 is 15.6 Å². The van der Waals surface area contributed by atoms with Crippen molar-refractivity contribution in [3.8, 4) is 28.3 Å². The molecule has 1 saturated heterocycles. The molecule has 14 heteroatoms. The van der Waals surface area contributed by atoms with Gasteiger partial charge in [0, 0.05) is 41.2 Å². The summed E-state index contributed by atoms with van der Waals surface area (Å²) in [4.78, 5) is 35.3. The van der Waals surface area contributed by atoms with E-state index in [4.69, 9.17) is 32.9 Å². The van der Waals surface area contributed by atoms with Crippen molar-refractivity contribution in [1.82, 2.24) is 24.6 Å². The van der Waals surface area contributed by atoms with Crippen molar-refractivity contribution in [2.75, 3.05) is 25.5 Å². The summed E-state index contributed by atoms with van der Waals surface area (Å²) >= 11 is 13.9. The van der Waals surface area contributed by atoms with Crippen molar-refractivity contribution in [3.63, 3.8) is 0 Å². The molecule has 0 aliphatic carbocycles. The van der Waals surface area contributed by atoms with Gasteiger partial charge < -0.3 is 15.2 Å². The zero-order chi connectivity index (χ0) is 34.1. The lowest BCUT2D eigenvalue weighted by Crippen LogP contribution is -2.35. The molecule has 248 valence electrons. The van der Waals surface area contributed by atoms with Gasteiger partial charge in [-0.2, -0.15) is 5.10 Å². The molecule has 6 rings (SSSR count). The number of anilines is 2. The number of aryl methyl sites for hydroxylation is 1. The second kappa shape index (κ2) is 13.8. The van der Waals surface area contributed by atoms with E-state index in [1.807, 2.05) is 24.3 Å². The number of benzene rings is 2. The van der Waals surface area contributed by atoms with Crippen LogP contribution in [0.25, 0.3) is 33.2 Å². The number of aliphatic carboxylic acids is 1. The van der Waals surface area contributed by atoms with Crippen LogP contribution in [0.4, 0.5) is 20.3 Å². The third-order valence-corrected chi connectivity index (χ3v) is 9.27. The van der Waals surface area contributed by atoms with Gasteiger partial charge in [0.1, 0.15) is 11.5 Å². The number of aromatic nitrogens is 4. The molecular weight excluding hydrogens is 665 g/mol. The Morgan fingerprint density at radius 3 is 2.42 bits per heavy atom. The summed E-state index contributed by atoms with van der Waals surface area (Å²) in [6.07, 6.45) is -0.357. The van der Waals surface area contributed by atoms with E-state index in [2.05, 4.69) is 20.3 Å². The zero-order valence-corrected chi connectivity index (χ0v) is 27.4. The van der Waals surface area contributed by atoms with Crippen molar-refractivity contribution >= 4 is 51.4 Å². The van der Waals surface area contributed by atoms with Crippen molar-refractivity contribution in [2.24, 2.45) is 13.0 Å². The highest BCUT2D eigenvalue weighted by molar-refractivity contribution is 6.39. The summed E-state index contributed by atoms with van der Waals surface area (Å²) in [6.45, 7) is 1.91. The van der Waals surface area contributed by atoms with Gasteiger partial charge in [-0.05, 0) is 44.1 Å². The lowest BCUT2D eigenvalue weighted by atomic mass is 9.97. The fourth-order valence-electron chi connectivity index (χ4n) is 5.87. The molecular formula is C34H30Cl2F2N6O4. The van der Waals surface area contributed by atoms with Gasteiger partial charge in [-0.15, -0.1) is 0 Å². The topological polar surface area (TPSA) is 122 Å². The van der Waals surface area contributed by atoms with Gasteiger partial charge in [-0.1, -0.05) is 59.6 Å². The van der Waals surface area contributed by atoms with Crippen LogP contribution in [-0.2, 0) is 18.4 Å². The SMILES string of the molecule is COc1nc(-c2cccc(-c3cccc(Nc4nc(C(F)F)cc5cnn(C)c(=O)c45)c3Cl)c2Cl)ccc1CN1CCC(C(=O)O)CC1. The first kappa shape index (κ1) is 33.3. The molecule has 2 aromatic carbocycles. The Balaban J connectivity index is 1.32. The maximum Gasteiger partial charge on any atom is 0.306 e.